The fourth-order valence-corrected chi connectivity index (χ4v) is 3.91. The van der Waals surface area contributed by atoms with E-state index in [1.807, 2.05) is 99.6 Å². The number of aromatic nitrogens is 2. The van der Waals surface area contributed by atoms with Gasteiger partial charge in [0, 0.05) is 51.2 Å². The minimum Gasteiger partial charge on any atom is -0.383 e. The van der Waals surface area contributed by atoms with Crippen LogP contribution in [0.25, 0.3) is 5.57 Å². The Morgan fingerprint density at radius 2 is 1.59 bits per heavy atom. The molecule has 0 unspecified atom stereocenters. The minimum atomic E-state index is -0.181. The molecule has 3 rings (SSSR count). The molecule has 8 heteroatoms. The first kappa shape index (κ1) is 29.1. The zero-order valence-electron chi connectivity index (χ0n) is 24.0. The summed E-state index contributed by atoms with van der Waals surface area (Å²) in [7, 11) is 7.59. The summed E-state index contributed by atoms with van der Waals surface area (Å²) in [6.07, 6.45) is 4.42. The Bertz CT molecular complexity index is 1370. The van der Waals surface area contributed by atoms with Gasteiger partial charge in [-0.05, 0) is 65.4 Å². The van der Waals surface area contributed by atoms with Crippen LogP contribution in [-0.2, 0) is 10.2 Å². The Kier molecular flexibility index (Phi) is 9.24. The number of hydrogen-bond acceptors (Lipinski definition) is 7. The quantitative estimate of drug-likeness (QED) is 0.216. The zero-order chi connectivity index (χ0) is 28.7. The van der Waals surface area contributed by atoms with Gasteiger partial charge in [-0.15, -0.1) is 10.2 Å². The summed E-state index contributed by atoms with van der Waals surface area (Å²) in [5, 5.41) is 14.4. The lowest BCUT2D eigenvalue weighted by atomic mass is 9.86. The third kappa shape index (κ3) is 7.77. The van der Waals surface area contributed by atoms with Crippen molar-refractivity contribution in [3.63, 3.8) is 0 Å². The van der Waals surface area contributed by atoms with Crippen molar-refractivity contribution in [2.75, 3.05) is 43.7 Å². The van der Waals surface area contributed by atoms with E-state index >= 15 is 0 Å². The van der Waals surface area contributed by atoms with Crippen LogP contribution in [-0.4, -0.2) is 55.5 Å². The molecule has 0 aliphatic carbocycles. The number of nitrogens with one attached hydrogen (secondary N) is 2. The van der Waals surface area contributed by atoms with Crippen molar-refractivity contribution < 1.29 is 9.59 Å². The number of aldehydes is 1. The van der Waals surface area contributed by atoms with Gasteiger partial charge in [0.1, 0.15) is 0 Å². The van der Waals surface area contributed by atoms with Gasteiger partial charge in [0.2, 0.25) is 0 Å². The molecule has 0 fully saturated rings. The van der Waals surface area contributed by atoms with Gasteiger partial charge < -0.3 is 20.4 Å². The van der Waals surface area contributed by atoms with Gasteiger partial charge in [-0.25, -0.2) is 0 Å². The number of rotatable bonds is 9. The van der Waals surface area contributed by atoms with Crippen LogP contribution in [0.1, 0.15) is 47.8 Å². The molecule has 8 nitrogen and oxygen atoms in total. The highest BCUT2D eigenvalue weighted by molar-refractivity contribution is 6.05. The van der Waals surface area contributed by atoms with E-state index in [2.05, 4.69) is 41.6 Å². The van der Waals surface area contributed by atoms with Gasteiger partial charge in [-0.3, -0.25) is 9.59 Å². The Balaban J connectivity index is 1.90. The fraction of sp³-hybridized carbons (Fsp3) is 0.290. The predicted octanol–water partition coefficient (Wildman–Crippen LogP) is 5.50. The molecule has 0 saturated heterocycles. The molecular weight excluding hydrogens is 488 g/mol. The topological polar surface area (TPSA) is 90.5 Å². The predicted molar refractivity (Wildman–Crippen MR) is 160 cm³/mol. The summed E-state index contributed by atoms with van der Waals surface area (Å²) in [6, 6.07) is 17.0. The Hall–Kier alpha value is -4.46. The standard InChI is InChI=1S/C31H38N6O2/c1-21-26(10-9-11-27(21)33-30(39)22-12-14-24(15-13-22)31(2,3)4)23(19-36(5)6)18-25(20-38)32-28-16-17-29(35-34-28)37(7)8/h9-20H,1-8H3,(H,32,34)(H,33,39)/b23-19+,25-18+. The summed E-state index contributed by atoms with van der Waals surface area (Å²) < 4.78 is 0. The molecule has 2 aromatic carbocycles. The normalized spacial score (nSPS) is 12.1. The van der Waals surface area contributed by atoms with E-state index < -0.39 is 0 Å². The van der Waals surface area contributed by atoms with Crippen molar-refractivity contribution in [1.82, 2.24) is 15.1 Å². The third-order valence-corrected chi connectivity index (χ3v) is 6.12. The molecule has 1 heterocycles. The molecule has 0 radical (unpaired) electrons. The number of nitrogens with zero attached hydrogens (tertiary/aromatic N) is 4. The molecule has 1 amide bonds. The minimum absolute atomic E-state index is 0.0140. The highest BCUT2D eigenvalue weighted by atomic mass is 16.1. The summed E-state index contributed by atoms with van der Waals surface area (Å²) in [5.74, 6) is 0.989. The monoisotopic (exact) mass is 526 g/mol. The SMILES string of the molecule is Cc1c(NC(=O)c2ccc(C(C)(C)C)cc2)cccc1C(/C=C(\C=O)Nc1ccc(N(C)C)nn1)=C/N(C)C. The summed E-state index contributed by atoms with van der Waals surface area (Å²) in [6.45, 7) is 8.38. The van der Waals surface area contributed by atoms with Crippen molar-refractivity contribution in [2.24, 2.45) is 0 Å². The van der Waals surface area contributed by atoms with Gasteiger partial charge in [-0.2, -0.15) is 0 Å². The molecule has 0 aliphatic rings. The van der Waals surface area contributed by atoms with Gasteiger partial charge >= 0.3 is 0 Å². The second kappa shape index (κ2) is 12.4. The van der Waals surface area contributed by atoms with Crippen molar-refractivity contribution in [1.29, 1.82) is 0 Å². The van der Waals surface area contributed by atoms with Crippen LogP contribution in [0.3, 0.4) is 0 Å². The number of carbonyl (C=O) groups excluding carboxylic acids is 2. The number of allylic oxidation sites excluding steroid dienone is 3. The summed E-state index contributed by atoms with van der Waals surface area (Å²) >= 11 is 0. The van der Waals surface area contributed by atoms with E-state index in [0.29, 0.717) is 28.6 Å². The Labute approximate surface area is 231 Å². The van der Waals surface area contributed by atoms with Gasteiger partial charge in [0.15, 0.2) is 17.9 Å². The molecule has 0 atom stereocenters. The van der Waals surface area contributed by atoms with Crippen LogP contribution in [0.15, 0.2) is 72.6 Å². The lowest BCUT2D eigenvalue weighted by Crippen LogP contribution is -2.15. The molecule has 2 N–H and O–H groups in total. The number of amides is 1. The van der Waals surface area contributed by atoms with Crippen LogP contribution in [0, 0.1) is 6.92 Å². The maximum absolute atomic E-state index is 13.1. The smallest absolute Gasteiger partial charge is 0.255 e. The van der Waals surface area contributed by atoms with Crippen LogP contribution in [0.5, 0.6) is 0 Å². The lowest BCUT2D eigenvalue weighted by molar-refractivity contribution is -0.104. The molecule has 0 aliphatic heterocycles. The van der Waals surface area contributed by atoms with Crippen molar-refractivity contribution in [2.45, 2.75) is 33.1 Å². The number of benzene rings is 2. The van der Waals surface area contributed by atoms with E-state index in [4.69, 9.17) is 0 Å². The summed E-state index contributed by atoms with van der Waals surface area (Å²) in [4.78, 5) is 28.8. The average Bonchev–Trinajstić information content (AvgIpc) is 2.88. The molecule has 3 aromatic rings. The van der Waals surface area contributed by atoms with Crippen molar-refractivity contribution in [3.05, 3.63) is 94.8 Å². The van der Waals surface area contributed by atoms with E-state index in [1.165, 1.54) is 5.56 Å². The maximum atomic E-state index is 13.1. The van der Waals surface area contributed by atoms with Crippen LogP contribution >= 0.6 is 0 Å². The maximum Gasteiger partial charge on any atom is 0.255 e. The molecule has 1 aromatic heterocycles. The Morgan fingerprint density at radius 1 is 0.897 bits per heavy atom. The largest absolute Gasteiger partial charge is 0.383 e. The van der Waals surface area contributed by atoms with Crippen LogP contribution in [0.4, 0.5) is 17.3 Å². The van der Waals surface area contributed by atoms with Crippen molar-refractivity contribution in [3.8, 4) is 0 Å². The summed E-state index contributed by atoms with van der Waals surface area (Å²) in [5.41, 5.74) is 5.33. The first-order chi connectivity index (χ1) is 18.4. The van der Waals surface area contributed by atoms with E-state index in [9.17, 15) is 9.59 Å². The molecule has 0 bridgehead atoms. The van der Waals surface area contributed by atoms with Crippen LogP contribution in [0.2, 0.25) is 0 Å². The first-order valence-corrected chi connectivity index (χ1v) is 12.7. The highest BCUT2D eigenvalue weighted by Gasteiger charge is 2.16. The zero-order valence-corrected chi connectivity index (χ0v) is 24.0. The molecule has 0 spiro atoms. The third-order valence-electron chi connectivity index (χ3n) is 6.12. The molecule has 0 saturated carbocycles. The lowest BCUT2D eigenvalue weighted by Gasteiger charge is -2.19. The van der Waals surface area contributed by atoms with Crippen LogP contribution < -0.4 is 15.5 Å². The highest BCUT2D eigenvalue weighted by Crippen LogP contribution is 2.28. The second-order valence-corrected chi connectivity index (χ2v) is 10.8. The number of hydrogen-bond donors (Lipinski definition) is 2. The molecule has 39 heavy (non-hydrogen) atoms. The van der Waals surface area contributed by atoms with Crippen molar-refractivity contribution >= 4 is 35.1 Å². The second-order valence-electron chi connectivity index (χ2n) is 10.8. The molecule has 204 valence electrons. The average molecular weight is 527 g/mol. The first-order valence-electron chi connectivity index (χ1n) is 12.7. The van der Waals surface area contributed by atoms with E-state index in [1.54, 1.807) is 12.1 Å². The van der Waals surface area contributed by atoms with E-state index in [0.717, 1.165) is 23.0 Å². The van der Waals surface area contributed by atoms with E-state index in [-0.39, 0.29) is 11.3 Å². The van der Waals surface area contributed by atoms with Gasteiger partial charge in [0.25, 0.3) is 5.91 Å². The number of carbonyl (C=O) groups is 2. The Morgan fingerprint density at radius 3 is 2.13 bits per heavy atom. The number of anilines is 3. The fourth-order valence-electron chi connectivity index (χ4n) is 3.91. The van der Waals surface area contributed by atoms with Gasteiger partial charge in [-0.1, -0.05) is 45.0 Å². The van der Waals surface area contributed by atoms with Gasteiger partial charge in [0.05, 0.1) is 5.70 Å². The molecular formula is C31H38N6O2.